The Morgan fingerprint density at radius 2 is 2.00 bits per heavy atom. The first kappa shape index (κ1) is 17.2. The van der Waals surface area contributed by atoms with Crippen LogP contribution < -0.4 is 0 Å². The van der Waals surface area contributed by atoms with E-state index in [9.17, 15) is 4.79 Å². The summed E-state index contributed by atoms with van der Waals surface area (Å²) in [6.45, 7) is 8.93. The summed E-state index contributed by atoms with van der Waals surface area (Å²) < 4.78 is 0. The molecule has 0 N–H and O–H groups in total. The van der Waals surface area contributed by atoms with E-state index < -0.39 is 0 Å². The first-order chi connectivity index (χ1) is 12.4. The van der Waals surface area contributed by atoms with Gasteiger partial charge in [0.1, 0.15) is 10.0 Å². The molecule has 3 heterocycles. The Kier molecular flexibility index (Phi) is 4.32. The van der Waals surface area contributed by atoms with Gasteiger partial charge in [-0.1, -0.05) is 37.3 Å². The van der Waals surface area contributed by atoms with Crippen LogP contribution in [0.25, 0.3) is 21.3 Å². The third-order valence-electron chi connectivity index (χ3n) is 4.63. The second-order valence-electron chi connectivity index (χ2n) is 7.89. The number of hydrogen-bond acceptors (Lipinski definition) is 6. The second-order valence-corrected chi connectivity index (χ2v) is 9.07. The largest absolute Gasteiger partial charge is 0.298 e. The fourth-order valence-electron chi connectivity index (χ4n) is 3.61. The number of hydrogen-bond donors (Lipinski definition) is 0. The lowest BCUT2D eigenvalue weighted by atomic mass is 9.84. The first-order valence-electron chi connectivity index (χ1n) is 8.81. The van der Waals surface area contributed by atoms with Crippen molar-refractivity contribution in [3.63, 3.8) is 0 Å². The molecular weight excluding hydrogens is 344 g/mol. The molecule has 0 unspecified atom stereocenters. The van der Waals surface area contributed by atoms with E-state index in [0.717, 1.165) is 45.1 Å². The Bertz CT molecular complexity index is 971. The van der Waals surface area contributed by atoms with Gasteiger partial charge in [0.05, 0.1) is 13.0 Å². The van der Waals surface area contributed by atoms with Crippen LogP contribution in [0.1, 0.15) is 24.5 Å². The van der Waals surface area contributed by atoms with Crippen molar-refractivity contribution in [2.24, 2.45) is 5.41 Å². The number of nitrogens with zero attached hydrogens (tertiary/aromatic N) is 4. The molecule has 5 nitrogen and oxygen atoms in total. The van der Waals surface area contributed by atoms with Crippen molar-refractivity contribution in [2.75, 3.05) is 19.6 Å². The number of rotatable bonds is 5. The van der Waals surface area contributed by atoms with Gasteiger partial charge >= 0.3 is 0 Å². The number of carbonyl (C=O) groups excluding carboxylic acids is 1. The van der Waals surface area contributed by atoms with Gasteiger partial charge < -0.3 is 0 Å². The molecule has 1 aliphatic heterocycles. The standard InChI is InChI=1S/C20H22N4OS/c1-13-22-23-19(26-13)14-4-5-15-9-21-17(7-16(15)6-14)8-18(25)10-24-11-20(2,3)12-24/h4-7,9H,8,10-12H2,1-3H3. The summed E-state index contributed by atoms with van der Waals surface area (Å²) in [6.07, 6.45) is 2.23. The molecule has 1 aliphatic rings. The van der Waals surface area contributed by atoms with Crippen LogP contribution in [-0.4, -0.2) is 45.5 Å². The SMILES string of the molecule is Cc1nnc(-c2ccc3cnc(CC(=O)CN4CC(C)(C)C4)cc3c2)s1. The van der Waals surface area contributed by atoms with Crippen LogP contribution in [0.3, 0.4) is 0 Å². The lowest BCUT2D eigenvalue weighted by Crippen LogP contribution is -2.54. The van der Waals surface area contributed by atoms with E-state index in [0.29, 0.717) is 18.4 Å². The Hall–Kier alpha value is -2.18. The Balaban J connectivity index is 1.50. The zero-order valence-corrected chi connectivity index (χ0v) is 16.1. The molecule has 2 aromatic heterocycles. The number of fused-ring (bicyclic) bond motifs is 1. The smallest absolute Gasteiger partial charge is 0.152 e. The van der Waals surface area contributed by atoms with Crippen LogP contribution in [0.5, 0.6) is 0 Å². The number of carbonyl (C=O) groups is 1. The lowest BCUT2D eigenvalue weighted by Gasteiger charge is -2.45. The van der Waals surface area contributed by atoms with Crippen molar-refractivity contribution in [1.82, 2.24) is 20.1 Å². The van der Waals surface area contributed by atoms with Crippen LogP contribution in [0, 0.1) is 12.3 Å². The van der Waals surface area contributed by atoms with Crippen LogP contribution in [-0.2, 0) is 11.2 Å². The highest BCUT2D eigenvalue weighted by molar-refractivity contribution is 7.14. The molecular formula is C20H22N4OS. The second kappa shape index (κ2) is 6.52. The van der Waals surface area contributed by atoms with Gasteiger partial charge in [-0.3, -0.25) is 14.7 Å². The van der Waals surface area contributed by atoms with E-state index in [-0.39, 0.29) is 5.78 Å². The van der Waals surface area contributed by atoms with E-state index in [1.54, 1.807) is 11.3 Å². The number of ketones is 1. The molecule has 0 aliphatic carbocycles. The fourth-order valence-corrected chi connectivity index (χ4v) is 4.30. The summed E-state index contributed by atoms with van der Waals surface area (Å²) in [7, 11) is 0. The number of likely N-dealkylation sites (tertiary alicyclic amines) is 1. The molecule has 3 aromatic rings. The van der Waals surface area contributed by atoms with E-state index in [1.807, 2.05) is 31.3 Å². The lowest BCUT2D eigenvalue weighted by molar-refractivity contribution is -0.122. The molecule has 4 rings (SSSR count). The molecule has 0 amide bonds. The average Bonchev–Trinajstić information content (AvgIpc) is 2.99. The zero-order chi connectivity index (χ0) is 18.3. The normalized spacial score (nSPS) is 16.6. The molecule has 1 saturated heterocycles. The molecule has 0 saturated carbocycles. The maximum Gasteiger partial charge on any atom is 0.152 e. The summed E-state index contributed by atoms with van der Waals surface area (Å²) in [5.74, 6) is 0.225. The van der Waals surface area contributed by atoms with Gasteiger partial charge in [-0.05, 0) is 29.9 Å². The van der Waals surface area contributed by atoms with Gasteiger partial charge in [0, 0.05) is 35.9 Å². The van der Waals surface area contributed by atoms with E-state index in [4.69, 9.17) is 0 Å². The van der Waals surface area contributed by atoms with E-state index in [1.165, 1.54) is 0 Å². The highest BCUT2D eigenvalue weighted by atomic mass is 32.1. The van der Waals surface area contributed by atoms with Gasteiger partial charge in [-0.15, -0.1) is 10.2 Å². The van der Waals surface area contributed by atoms with Crippen molar-refractivity contribution in [2.45, 2.75) is 27.2 Å². The molecule has 0 radical (unpaired) electrons. The van der Waals surface area contributed by atoms with Gasteiger partial charge in [0.2, 0.25) is 0 Å². The van der Waals surface area contributed by atoms with Crippen molar-refractivity contribution in [3.05, 3.63) is 41.2 Å². The quantitative estimate of drug-likeness (QED) is 0.691. The minimum Gasteiger partial charge on any atom is -0.298 e. The van der Waals surface area contributed by atoms with Gasteiger partial charge in [0.25, 0.3) is 0 Å². The first-order valence-corrected chi connectivity index (χ1v) is 9.63. The van der Waals surface area contributed by atoms with Crippen LogP contribution in [0.4, 0.5) is 0 Å². The summed E-state index contributed by atoms with van der Waals surface area (Å²) in [5, 5.41) is 12.3. The third-order valence-corrected chi connectivity index (χ3v) is 5.52. The highest BCUT2D eigenvalue weighted by Crippen LogP contribution is 2.29. The zero-order valence-electron chi connectivity index (χ0n) is 15.3. The van der Waals surface area contributed by atoms with Crippen molar-refractivity contribution < 1.29 is 4.79 Å². The molecule has 0 bridgehead atoms. The Labute approximate surface area is 157 Å². The monoisotopic (exact) mass is 366 g/mol. The summed E-state index contributed by atoms with van der Waals surface area (Å²) in [6, 6.07) is 8.20. The number of pyridine rings is 1. The number of aryl methyl sites for hydroxylation is 1. The number of benzene rings is 1. The van der Waals surface area contributed by atoms with Gasteiger partial charge in [-0.2, -0.15) is 0 Å². The molecule has 6 heteroatoms. The van der Waals surface area contributed by atoms with E-state index in [2.05, 4.69) is 40.0 Å². The third kappa shape index (κ3) is 3.66. The summed E-state index contributed by atoms with van der Waals surface area (Å²) >= 11 is 1.58. The summed E-state index contributed by atoms with van der Waals surface area (Å²) in [5.41, 5.74) is 2.23. The minimum absolute atomic E-state index is 0.225. The number of aromatic nitrogens is 3. The van der Waals surface area contributed by atoms with Crippen molar-refractivity contribution in [1.29, 1.82) is 0 Å². The fraction of sp³-hybridized carbons (Fsp3) is 0.400. The molecule has 134 valence electrons. The minimum atomic E-state index is 0.225. The Morgan fingerprint density at radius 1 is 1.19 bits per heavy atom. The maximum absolute atomic E-state index is 12.4. The topological polar surface area (TPSA) is 59.0 Å². The maximum atomic E-state index is 12.4. The predicted molar refractivity (Wildman–Crippen MR) is 104 cm³/mol. The molecule has 26 heavy (non-hydrogen) atoms. The number of Topliss-reactive ketones (excluding diaryl/α,β-unsaturated/α-hetero) is 1. The molecule has 1 aromatic carbocycles. The molecule has 0 spiro atoms. The van der Waals surface area contributed by atoms with Crippen molar-refractivity contribution >= 4 is 27.9 Å². The molecule has 0 atom stereocenters. The van der Waals surface area contributed by atoms with E-state index >= 15 is 0 Å². The van der Waals surface area contributed by atoms with Gasteiger partial charge in [0.15, 0.2) is 5.78 Å². The van der Waals surface area contributed by atoms with Crippen LogP contribution in [0.15, 0.2) is 30.5 Å². The molecule has 1 fully saturated rings. The van der Waals surface area contributed by atoms with Crippen LogP contribution in [0.2, 0.25) is 0 Å². The summed E-state index contributed by atoms with van der Waals surface area (Å²) in [4.78, 5) is 19.0. The van der Waals surface area contributed by atoms with Crippen molar-refractivity contribution in [3.8, 4) is 10.6 Å². The highest BCUT2D eigenvalue weighted by Gasteiger charge is 2.34. The van der Waals surface area contributed by atoms with Crippen LogP contribution >= 0.6 is 11.3 Å². The average molecular weight is 366 g/mol. The predicted octanol–water partition coefficient (Wildman–Crippen LogP) is 3.52. The Morgan fingerprint density at radius 3 is 2.69 bits per heavy atom. The van der Waals surface area contributed by atoms with Gasteiger partial charge in [-0.25, -0.2) is 0 Å².